The molecule has 2 aromatic heterocycles. The number of fused-ring (bicyclic) bond motifs is 1. The minimum Gasteiger partial charge on any atom is -0.394 e. The van der Waals surface area contributed by atoms with Gasteiger partial charge in [0.2, 0.25) is 11.9 Å². The Morgan fingerprint density at radius 1 is 0.900 bits per heavy atom. The molecule has 0 fully saturated rings. The molecule has 9 nitrogen and oxygen atoms in total. The zero-order valence-corrected chi connectivity index (χ0v) is 15.8. The van der Waals surface area contributed by atoms with Crippen molar-refractivity contribution in [1.82, 2.24) is 19.9 Å². The van der Waals surface area contributed by atoms with Gasteiger partial charge in [0.1, 0.15) is 24.1 Å². The lowest BCUT2D eigenvalue weighted by Crippen LogP contribution is -2.35. The highest BCUT2D eigenvalue weighted by molar-refractivity contribution is 5.89. The summed E-state index contributed by atoms with van der Waals surface area (Å²) in [6.07, 6.45) is -8.28. The Balaban J connectivity index is 2.60. The molecule has 0 bridgehead atoms. The average Bonchev–Trinajstić information content (AvgIpc) is 2.63. The van der Waals surface area contributed by atoms with Crippen molar-refractivity contribution < 1.29 is 31.4 Å². The van der Waals surface area contributed by atoms with Gasteiger partial charge in [0.05, 0.1) is 18.8 Å². The molecule has 2 heterocycles. The van der Waals surface area contributed by atoms with E-state index in [1.165, 1.54) is 0 Å². The maximum atomic E-state index is 12.6. The van der Waals surface area contributed by atoms with Crippen LogP contribution in [0.15, 0.2) is 0 Å². The first kappa shape index (κ1) is 23.6. The fraction of sp³-hybridized carbons (Fsp3) is 0.600. The zero-order chi connectivity index (χ0) is 22.5. The number of nitrogens with two attached hydrogens (primary N) is 1. The summed E-state index contributed by atoms with van der Waals surface area (Å²) < 4.78 is 75.3. The normalized spacial score (nSPS) is 12.3. The topological polar surface area (TPSA) is 125 Å². The molecule has 0 unspecified atom stereocenters. The summed E-state index contributed by atoms with van der Waals surface area (Å²) in [7, 11) is 0. The Labute approximate surface area is 166 Å². The van der Waals surface area contributed by atoms with Crippen molar-refractivity contribution in [3.63, 3.8) is 0 Å². The SMILES string of the molecule is CCCc1nc(NCC(F)(F)F)nc2c(N(N)CCO)nc(NCC(F)(F)F)nc12. The van der Waals surface area contributed by atoms with Gasteiger partial charge in [-0.15, -0.1) is 0 Å². The quantitative estimate of drug-likeness (QED) is 0.262. The number of aromatic nitrogens is 4. The molecule has 168 valence electrons. The zero-order valence-electron chi connectivity index (χ0n) is 15.8. The molecule has 0 aromatic carbocycles. The summed E-state index contributed by atoms with van der Waals surface area (Å²) in [4.78, 5) is 15.9. The molecule has 0 amide bonds. The first-order valence-corrected chi connectivity index (χ1v) is 8.76. The van der Waals surface area contributed by atoms with Crippen LogP contribution in [-0.2, 0) is 6.42 Å². The largest absolute Gasteiger partial charge is 0.405 e. The summed E-state index contributed by atoms with van der Waals surface area (Å²) in [5.41, 5.74) is 0.187. The number of halogens is 6. The van der Waals surface area contributed by atoms with Crippen LogP contribution >= 0.6 is 0 Å². The summed E-state index contributed by atoms with van der Waals surface area (Å²) >= 11 is 0. The van der Waals surface area contributed by atoms with Crippen LogP contribution in [0.4, 0.5) is 44.1 Å². The van der Waals surface area contributed by atoms with Crippen molar-refractivity contribution in [1.29, 1.82) is 0 Å². The second-order valence-electron chi connectivity index (χ2n) is 6.17. The average molecular weight is 442 g/mol. The lowest BCUT2D eigenvalue weighted by Gasteiger charge is -2.20. The van der Waals surface area contributed by atoms with E-state index < -0.39 is 38.0 Å². The van der Waals surface area contributed by atoms with Gasteiger partial charge in [-0.05, 0) is 6.42 Å². The van der Waals surface area contributed by atoms with Crippen LogP contribution in [0, 0.1) is 0 Å². The van der Waals surface area contributed by atoms with Crippen LogP contribution in [0.1, 0.15) is 19.0 Å². The molecule has 15 heteroatoms. The van der Waals surface area contributed by atoms with Crippen LogP contribution < -0.4 is 21.5 Å². The van der Waals surface area contributed by atoms with E-state index in [4.69, 9.17) is 10.9 Å². The molecular weight excluding hydrogens is 422 g/mol. The fourth-order valence-corrected chi connectivity index (χ4v) is 2.40. The molecule has 5 N–H and O–H groups in total. The second-order valence-corrected chi connectivity index (χ2v) is 6.17. The molecule has 0 atom stereocenters. The maximum absolute atomic E-state index is 12.6. The summed E-state index contributed by atoms with van der Waals surface area (Å²) in [5, 5.41) is 14.1. The molecule has 0 aliphatic carbocycles. The van der Waals surface area contributed by atoms with Crippen LogP contribution in [-0.4, -0.2) is 63.6 Å². The molecule has 0 saturated heterocycles. The number of hydrogen-bond donors (Lipinski definition) is 4. The monoisotopic (exact) mass is 442 g/mol. The van der Waals surface area contributed by atoms with Crippen molar-refractivity contribution >= 4 is 28.7 Å². The van der Waals surface area contributed by atoms with Gasteiger partial charge in [0.25, 0.3) is 0 Å². The third-order valence-corrected chi connectivity index (χ3v) is 3.59. The van der Waals surface area contributed by atoms with Gasteiger partial charge >= 0.3 is 12.4 Å². The predicted octanol–water partition coefficient (Wildman–Crippen LogP) is 1.99. The van der Waals surface area contributed by atoms with Gasteiger partial charge in [-0.2, -0.15) is 31.3 Å². The molecule has 2 rings (SSSR count). The molecule has 0 aliphatic heterocycles. The summed E-state index contributed by atoms with van der Waals surface area (Å²) in [5.74, 6) is 4.86. The molecular formula is C15H20F6N8O. The van der Waals surface area contributed by atoms with Crippen LogP contribution in [0.25, 0.3) is 11.0 Å². The van der Waals surface area contributed by atoms with Crippen molar-refractivity contribution in [3.05, 3.63) is 5.69 Å². The Morgan fingerprint density at radius 2 is 1.43 bits per heavy atom. The van der Waals surface area contributed by atoms with Gasteiger partial charge in [0, 0.05) is 0 Å². The number of aryl methyl sites for hydroxylation is 1. The van der Waals surface area contributed by atoms with E-state index in [0.29, 0.717) is 6.42 Å². The third kappa shape index (κ3) is 6.69. The molecule has 2 aromatic rings. The molecule has 0 radical (unpaired) electrons. The second kappa shape index (κ2) is 9.42. The number of hydrogen-bond acceptors (Lipinski definition) is 9. The minimum atomic E-state index is -4.54. The lowest BCUT2D eigenvalue weighted by molar-refractivity contribution is -0.116. The van der Waals surface area contributed by atoms with Gasteiger partial charge in [0.15, 0.2) is 5.82 Å². The Hall–Kier alpha value is -2.68. The number of rotatable bonds is 9. The van der Waals surface area contributed by atoms with Gasteiger partial charge in [-0.25, -0.2) is 20.8 Å². The number of nitrogens with zero attached hydrogens (tertiary/aromatic N) is 5. The first-order valence-electron chi connectivity index (χ1n) is 8.76. The van der Waals surface area contributed by atoms with E-state index in [0.717, 1.165) is 5.01 Å². The molecule has 30 heavy (non-hydrogen) atoms. The Morgan fingerprint density at radius 3 is 1.93 bits per heavy atom. The summed E-state index contributed by atoms with van der Waals surface area (Å²) in [6.45, 7) is -1.61. The van der Waals surface area contributed by atoms with E-state index in [1.807, 2.05) is 5.32 Å². The third-order valence-electron chi connectivity index (χ3n) is 3.59. The lowest BCUT2D eigenvalue weighted by atomic mass is 10.2. The van der Waals surface area contributed by atoms with Crippen LogP contribution in [0.3, 0.4) is 0 Å². The minimum absolute atomic E-state index is 0.0393. The van der Waals surface area contributed by atoms with E-state index >= 15 is 0 Å². The Bertz CT molecular complexity index is 860. The highest BCUT2D eigenvalue weighted by Gasteiger charge is 2.29. The van der Waals surface area contributed by atoms with E-state index in [-0.39, 0.29) is 41.5 Å². The van der Waals surface area contributed by atoms with Crippen molar-refractivity contribution in [2.24, 2.45) is 5.84 Å². The Kier molecular flexibility index (Phi) is 7.41. The molecule has 0 spiro atoms. The van der Waals surface area contributed by atoms with Crippen molar-refractivity contribution in [2.75, 3.05) is 41.9 Å². The van der Waals surface area contributed by atoms with E-state index in [2.05, 4.69) is 25.3 Å². The maximum Gasteiger partial charge on any atom is 0.405 e. The number of hydrazine groups is 1. The number of aliphatic hydroxyl groups excluding tert-OH is 1. The summed E-state index contributed by atoms with van der Waals surface area (Å²) in [6, 6.07) is 0. The van der Waals surface area contributed by atoms with Gasteiger partial charge in [-0.1, -0.05) is 13.3 Å². The standard InChI is InChI=1S/C15H20F6N8O/c1-2-3-8-9-10(27-12(25-8)23-6-14(16,17)18)11(29(22)4-5-30)28-13(26-9)24-7-15(19,20)21/h30H,2-7,22H2,1H3,(H,23,25,27)(H,24,26,28). The van der Waals surface area contributed by atoms with Crippen LogP contribution in [0.2, 0.25) is 0 Å². The van der Waals surface area contributed by atoms with Gasteiger partial charge < -0.3 is 15.7 Å². The highest BCUT2D eigenvalue weighted by Crippen LogP contribution is 2.27. The number of aliphatic hydroxyl groups is 1. The van der Waals surface area contributed by atoms with Gasteiger partial charge in [-0.3, -0.25) is 5.01 Å². The highest BCUT2D eigenvalue weighted by atomic mass is 19.4. The fourth-order valence-electron chi connectivity index (χ4n) is 2.40. The number of anilines is 3. The molecule has 0 aliphatic rings. The van der Waals surface area contributed by atoms with Crippen molar-refractivity contribution in [3.8, 4) is 0 Å². The smallest absolute Gasteiger partial charge is 0.394 e. The predicted molar refractivity (Wildman–Crippen MR) is 96.8 cm³/mol. The van der Waals surface area contributed by atoms with E-state index in [9.17, 15) is 26.3 Å². The first-order chi connectivity index (χ1) is 13.9. The number of alkyl halides is 6. The van der Waals surface area contributed by atoms with Crippen LogP contribution in [0.5, 0.6) is 0 Å². The van der Waals surface area contributed by atoms with Crippen molar-refractivity contribution in [2.45, 2.75) is 32.1 Å². The van der Waals surface area contributed by atoms with E-state index in [1.54, 1.807) is 6.92 Å². The number of nitrogens with one attached hydrogen (secondary N) is 2. The molecule has 0 saturated carbocycles.